The van der Waals surface area contributed by atoms with Gasteiger partial charge in [-0.3, -0.25) is 0 Å². The number of aryl methyl sites for hydroxylation is 1. The van der Waals surface area contributed by atoms with Crippen molar-refractivity contribution in [2.45, 2.75) is 71.3 Å². The molecule has 114 valence electrons. The number of hydrogen-bond donors (Lipinski definition) is 1. The molecule has 0 spiro atoms. The molecule has 0 aliphatic heterocycles. The Labute approximate surface area is 124 Å². The molecule has 0 radical (unpaired) electrons. The third-order valence-corrected chi connectivity index (χ3v) is 3.90. The summed E-state index contributed by atoms with van der Waals surface area (Å²) in [6.07, 6.45) is 9.45. The van der Waals surface area contributed by atoms with Gasteiger partial charge < -0.3 is 9.84 Å². The summed E-state index contributed by atoms with van der Waals surface area (Å²) in [5.74, 6) is 0.862. The molecular formula is C18H30O2. The Morgan fingerprint density at radius 1 is 1.05 bits per heavy atom. The molecule has 20 heavy (non-hydrogen) atoms. The van der Waals surface area contributed by atoms with Crippen molar-refractivity contribution in [2.24, 2.45) is 0 Å². The summed E-state index contributed by atoms with van der Waals surface area (Å²) in [7, 11) is 1.68. The number of aliphatic hydroxyl groups is 1. The minimum Gasteiger partial charge on any atom is -0.496 e. The maximum absolute atomic E-state index is 10.2. The van der Waals surface area contributed by atoms with Crippen molar-refractivity contribution in [3.05, 3.63) is 29.3 Å². The van der Waals surface area contributed by atoms with Gasteiger partial charge in [-0.1, -0.05) is 64.0 Å². The van der Waals surface area contributed by atoms with Crippen LogP contribution in [0.4, 0.5) is 0 Å². The molecule has 0 aromatic heterocycles. The van der Waals surface area contributed by atoms with E-state index in [2.05, 4.69) is 6.92 Å². The Balaban J connectivity index is 2.27. The molecule has 1 rings (SSSR count). The molecule has 1 aromatic carbocycles. The third-order valence-electron chi connectivity index (χ3n) is 3.90. The number of methoxy groups -OCH3 is 1. The third kappa shape index (κ3) is 5.96. The minimum atomic E-state index is -0.361. The van der Waals surface area contributed by atoms with Gasteiger partial charge in [0.2, 0.25) is 0 Å². The molecule has 1 N–H and O–H groups in total. The first kappa shape index (κ1) is 17.0. The molecule has 1 aromatic rings. The topological polar surface area (TPSA) is 29.5 Å². The number of aliphatic hydroxyl groups excluding tert-OH is 1. The van der Waals surface area contributed by atoms with Gasteiger partial charge in [-0.05, 0) is 30.5 Å². The van der Waals surface area contributed by atoms with Crippen LogP contribution in [0.15, 0.2) is 18.2 Å². The van der Waals surface area contributed by atoms with Crippen LogP contribution in [0.3, 0.4) is 0 Å². The Hall–Kier alpha value is -1.02. The lowest BCUT2D eigenvalue weighted by atomic mass is 10.0. The maximum atomic E-state index is 10.2. The number of benzene rings is 1. The fourth-order valence-electron chi connectivity index (χ4n) is 2.51. The molecule has 0 heterocycles. The van der Waals surface area contributed by atoms with Crippen LogP contribution >= 0.6 is 0 Å². The summed E-state index contributed by atoms with van der Waals surface area (Å²) < 4.78 is 5.31. The number of hydrogen-bond acceptors (Lipinski definition) is 2. The highest BCUT2D eigenvalue weighted by Crippen LogP contribution is 2.26. The van der Waals surface area contributed by atoms with E-state index in [0.717, 1.165) is 29.7 Å². The fourth-order valence-corrected chi connectivity index (χ4v) is 2.51. The first-order valence-electron chi connectivity index (χ1n) is 8.01. The molecular weight excluding hydrogens is 248 g/mol. The quantitative estimate of drug-likeness (QED) is 0.598. The van der Waals surface area contributed by atoms with Gasteiger partial charge in [-0.2, -0.15) is 0 Å². The van der Waals surface area contributed by atoms with Crippen LogP contribution in [0.2, 0.25) is 0 Å². The van der Waals surface area contributed by atoms with Crippen LogP contribution in [0.5, 0.6) is 5.75 Å². The van der Waals surface area contributed by atoms with Crippen molar-refractivity contribution in [3.63, 3.8) is 0 Å². The average molecular weight is 278 g/mol. The Morgan fingerprint density at radius 3 is 2.35 bits per heavy atom. The SMILES string of the molecule is CCCCCCCCCC(O)c1ccc(C)c(OC)c1. The predicted octanol–water partition coefficient (Wildman–Crippen LogP) is 5.18. The van der Waals surface area contributed by atoms with Gasteiger partial charge in [0.15, 0.2) is 0 Å². The standard InChI is InChI=1S/C18H30O2/c1-4-5-6-7-8-9-10-11-17(19)16-13-12-15(2)18(14-16)20-3/h12-14,17,19H,4-11H2,1-3H3. The van der Waals surface area contributed by atoms with Crippen LogP contribution < -0.4 is 4.74 Å². The van der Waals surface area contributed by atoms with Crippen molar-refractivity contribution in [1.29, 1.82) is 0 Å². The second-order valence-electron chi connectivity index (χ2n) is 5.65. The highest BCUT2D eigenvalue weighted by molar-refractivity contribution is 5.37. The summed E-state index contributed by atoms with van der Waals surface area (Å²) in [4.78, 5) is 0. The van der Waals surface area contributed by atoms with Gasteiger partial charge in [0.25, 0.3) is 0 Å². The van der Waals surface area contributed by atoms with E-state index < -0.39 is 0 Å². The van der Waals surface area contributed by atoms with Gasteiger partial charge >= 0.3 is 0 Å². The highest BCUT2D eigenvalue weighted by atomic mass is 16.5. The average Bonchev–Trinajstić information content (AvgIpc) is 2.46. The molecule has 0 aliphatic carbocycles. The van der Waals surface area contributed by atoms with E-state index in [-0.39, 0.29) is 6.10 Å². The van der Waals surface area contributed by atoms with E-state index in [1.807, 2.05) is 25.1 Å². The summed E-state index contributed by atoms with van der Waals surface area (Å²) >= 11 is 0. The zero-order chi connectivity index (χ0) is 14.8. The molecule has 0 bridgehead atoms. The molecule has 2 heteroatoms. The zero-order valence-electron chi connectivity index (χ0n) is 13.3. The van der Waals surface area contributed by atoms with Gasteiger partial charge in [-0.15, -0.1) is 0 Å². The lowest BCUT2D eigenvalue weighted by molar-refractivity contribution is 0.163. The second kappa shape index (κ2) is 9.82. The minimum absolute atomic E-state index is 0.361. The highest BCUT2D eigenvalue weighted by Gasteiger charge is 2.09. The van der Waals surface area contributed by atoms with Crippen molar-refractivity contribution >= 4 is 0 Å². The van der Waals surface area contributed by atoms with Gasteiger partial charge in [-0.25, -0.2) is 0 Å². The van der Waals surface area contributed by atoms with E-state index >= 15 is 0 Å². The smallest absolute Gasteiger partial charge is 0.122 e. The van der Waals surface area contributed by atoms with Crippen molar-refractivity contribution < 1.29 is 9.84 Å². The van der Waals surface area contributed by atoms with Crippen molar-refractivity contribution in [1.82, 2.24) is 0 Å². The maximum Gasteiger partial charge on any atom is 0.122 e. The first-order chi connectivity index (χ1) is 9.69. The first-order valence-corrected chi connectivity index (χ1v) is 8.01. The molecule has 2 nitrogen and oxygen atoms in total. The number of rotatable bonds is 10. The van der Waals surface area contributed by atoms with Crippen LogP contribution in [-0.4, -0.2) is 12.2 Å². The van der Waals surface area contributed by atoms with E-state index in [0.29, 0.717) is 0 Å². The summed E-state index contributed by atoms with van der Waals surface area (Å²) in [5, 5.41) is 10.2. The zero-order valence-corrected chi connectivity index (χ0v) is 13.3. The molecule has 0 aliphatic rings. The molecule has 0 saturated carbocycles. The lowest BCUT2D eigenvalue weighted by Crippen LogP contribution is -1.99. The molecule has 1 atom stereocenters. The Bertz CT molecular complexity index is 374. The van der Waals surface area contributed by atoms with Crippen LogP contribution in [0.1, 0.15) is 75.5 Å². The van der Waals surface area contributed by atoms with Gasteiger partial charge in [0, 0.05) is 0 Å². The van der Waals surface area contributed by atoms with Crippen LogP contribution in [0, 0.1) is 6.92 Å². The summed E-state index contributed by atoms with van der Waals surface area (Å²) in [6.45, 7) is 4.26. The fraction of sp³-hybridized carbons (Fsp3) is 0.667. The molecule has 1 unspecified atom stereocenters. The summed E-state index contributed by atoms with van der Waals surface area (Å²) in [5.41, 5.74) is 2.08. The lowest BCUT2D eigenvalue weighted by Gasteiger charge is -2.13. The van der Waals surface area contributed by atoms with Crippen molar-refractivity contribution in [2.75, 3.05) is 7.11 Å². The van der Waals surface area contributed by atoms with E-state index in [4.69, 9.17) is 4.74 Å². The second-order valence-corrected chi connectivity index (χ2v) is 5.65. The van der Waals surface area contributed by atoms with E-state index in [9.17, 15) is 5.11 Å². The van der Waals surface area contributed by atoms with E-state index in [1.165, 1.54) is 38.5 Å². The Morgan fingerprint density at radius 2 is 1.70 bits per heavy atom. The Kier molecular flexibility index (Phi) is 8.36. The normalized spacial score (nSPS) is 12.4. The summed E-state index contributed by atoms with van der Waals surface area (Å²) in [6, 6.07) is 5.98. The van der Waals surface area contributed by atoms with Crippen LogP contribution in [-0.2, 0) is 0 Å². The van der Waals surface area contributed by atoms with Crippen LogP contribution in [0.25, 0.3) is 0 Å². The van der Waals surface area contributed by atoms with Crippen molar-refractivity contribution in [3.8, 4) is 5.75 Å². The molecule has 0 fully saturated rings. The molecule has 0 saturated heterocycles. The molecule has 0 amide bonds. The van der Waals surface area contributed by atoms with Gasteiger partial charge in [0.05, 0.1) is 13.2 Å². The monoisotopic (exact) mass is 278 g/mol. The van der Waals surface area contributed by atoms with Gasteiger partial charge in [0.1, 0.15) is 5.75 Å². The van der Waals surface area contributed by atoms with E-state index in [1.54, 1.807) is 7.11 Å². The number of ether oxygens (including phenoxy) is 1. The predicted molar refractivity (Wildman–Crippen MR) is 85.3 cm³/mol. The largest absolute Gasteiger partial charge is 0.496 e. The number of unbranched alkanes of at least 4 members (excludes halogenated alkanes) is 6.